The van der Waals surface area contributed by atoms with E-state index in [1.165, 1.54) is 31.9 Å². The molecule has 30 heavy (non-hydrogen) atoms. The van der Waals surface area contributed by atoms with Gasteiger partial charge in [-0.15, -0.1) is 0 Å². The molecule has 3 rings (SSSR count). The largest absolute Gasteiger partial charge is 0.503 e. The summed E-state index contributed by atoms with van der Waals surface area (Å²) in [5.41, 5.74) is 2.28. The molecule has 160 valence electrons. The molecule has 1 aliphatic rings. The molecule has 1 aromatic carbocycles. The average Bonchev–Trinajstić information content (AvgIpc) is 3.46. The summed E-state index contributed by atoms with van der Waals surface area (Å²) in [4.78, 5) is 28.6. The fraction of sp³-hybridized carbons (Fsp3) is 0.435. The van der Waals surface area contributed by atoms with Crippen LogP contribution in [0.25, 0.3) is 0 Å². The van der Waals surface area contributed by atoms with Gasteiger partial charge in [0.05, 0.1) is 7.11 Å². The second-order valence-corrected chi connectivity index (χ2v) is 8.60. The molecule has 1 aromatic heterocycles. The van der Waals surface area contributed by atoms with Crippen LogP contribution in [0.3, 0.4) is 0 Å². The molecule has 0 radical (unpaired) electrons. The van der Waals surface area contributed by atoms with E-state index in [9.17, 15) is 14.7 Å². The molecule has 7 heteroatoms. The number of ether oxygens (including phenoxy) is 2. The Morgan fingerprint density at radius 2 is 1.87 bits per heavy atom. The number of nitrogens with one attached hydrogen (secondary N) is 1. The summed E-state index contributed by atoms with van der Waals surface area (Å²) in [5, 5.41) is 12.5. The summed E-state index contributed by atoms with van der Waals surface area (Å²) in [6, 6.07) is 8.95. The van der Waals surface area contributed by atoms with Gasteiger partial charge >= 0.3 is 5.97 Å². The summed E-state index contributed by atoms with van der Waals surface area (Å²) >= 11 is 0. The minimum atomic E-state index is -0.880. The number of aromatic nitrogens is 1. The van der Waals surface area contributed by atoms with Crippen molar-refractivity contribution in [1.29, 1.82) is 0 Å². The van der Waals surface area contributed by atoms with Crippen LogP contribution in [0.2, 0.25) is 0 Å². The highest BCUT2D eigenvalue weighted by Crippen LogP contribution is 2.44. The fourth-order valence-electron chi connectivity index (χ4n) is 3.23. The Balaban J connectivity index is 1.55. The van der Waals surface area contributed by atoms with Gasteiger partial charge in [0, 0.05) is 18.2 Å². The van der Waals surface area contributed by atoms with Crippen molar-refractivity contribution >= 4 is 11.9 Å². The number of nitrogens with zero attached hydrogens (tertiary/aromatic N) is 1. The van der Waals surface area contributed by atoms with E-state index in [0.29, 0.717) is 0 Å². The molecule has 2 aromatic rings. The van der Waals surface area contributed by atoms with Crippen molar-refractivity contribution in [3.8, 4) is 11.5 Å². The topological polar surface area (TPSA) is 97.8 Å². The van der Waals surface area contributed by atoms with Crippen LogP contribution in [0.1, 0.15) is 61.6 Å². The molecule has 3 unspecified atom stereocenters. The van der Waals surface area contributed by atoms with Crippen LogP contribution < -0.4 is 10.1 Å². The minimum Gasteiger partial charge on any atom is -0.503 e. The lowest BCUT2D eigenvalue weighted by Crippen LogP contribution is -2.40. The Hall–Kier alpha value is -3.09. The molecule has 3 atom stereocenters. The van der Waals surface area contributed by atoms with E-state index in [1.807, 2.05) is 0 Å². The number of aromatic hydroxyl groups is 1. The van der Waals surface area contributed by atoms with Crippen LogP contribution in [-0.2, 0) is 14.9 Å². The zero-order valence-corrected chi connectivity index (χ0v) is 17.9. The quantitative estimate of drug-likeness (QED) is 0.707. The number of rotatable bonds is 6. The summed E-state index contributed by atoms with van der Waals surface area (Å²) < 4.78 is 10.5. The van der Waals surface area contributed by atoms with E-state index in [0.717, 1.165) is 12.0 Å². The van der Waals surface area contributed by atoms with Gasteiger partial charge in [0.15, 0.2) is 17.2 Å². The van der Waals surface area contributed by atoms with Crippen molar-refractivity contribution in [2.45, 2.75) is 57.6 Å². The maximum atomic E-state index is 12.4. The van der Waals surface area contributed by atoms with Crippen LogP contribution in [0.4, 0.5) is 0 Å². The van der Waals surface area contributed by atoms with E-state index < -0.39 is 17.9 Å². The number of esters is 1. The molecule has 7 nitrogen and oxygen atoms in total. The number of carbonyl (C=O) groups is 2. The lowest BCUT2D eigenvalue weighted by molar-refractivity contribution is -0.146. The standard InChI is InChI=1S/C23H28N2O5/c1-13(25-21(27)19-20(26)17(29-5)10-11-24-19)22(28)30-18-12-16(18)14-6-8-15(9-7-14)23(2,3)4/h6-11,13,16,18,26H,12H2,1-5H3,(H,25,27). The Bertz CT molecular complexity index is 934. The molecule has 0 saturated heterocycles. The maximum absolute atomic E-state index is 12.4. The first-order valence-corrected chi connectivity index (χ1v) is 9.95. The van der Waals surface area contributed by atoms with Crippen LogP contribution in [0, 0.1) is 0 Å². The molecular formula is C23H28N2O5. The van der Waals surface area contributed by atoms with E-state index in [-0.39, 0.29) is 34.6 Å². The van der Waals surface area contributed by atoms with Crippen molar-refractivity contribution in [2.75, 3.05) is 7.11 Å². The normalized spacial score (nSPS) is 19.0. The Kier molecular flexibility index (Phi) is 6.01. The zero-order chi connectivity index (χ0) is 22.1. The Morgan fingerprint density at radius 1 is 1.20 bits per heavy atom. The smallest absolute Gasteiger partial charge is 0.328 e. The minimum absolute atomic E-state index is 0.0909. The number of pyridine rings is 1. The molecule has 2 N–H and O–H groups in total. The number of hydrogen-bond donors (Lipinski definition) is 2. The Labute approximate surface area is 176 Å². The number of amides is 1. The van der Waals surface area contributed by atoms with E-state index in [4.69, 9.17) is 9.47 Å². The molecule has 1 saturated carbocycles. The van der Waals surface area contributed by atoms with Crippen LogP contribution in [-0.4, -0.2) is 41.2 Å². The van der Waals surface area contributed by atoms with Crippen molar-refractivity contribution in [1.82, 2.24) is 10.3 Å². The van der Waals surface area contributed by atoms with Crippen LogP contribution in [0.5, 0.6) is 11.5 Å². The highest BCUT2D eigenvalue weighted by molar-refractivity contribution is 5.97. The van der Waals surface area contributed by atoms with E-state index in [1.54, 1.807) is 0 Å². The molecule has 0 aliphatic heterocycles. The van der Waals surface area contributed by atoms with Gasteiger partial charge in [-0.1, -0.05) is 45.0 Å². The molecule has 0 spiro atoms. The average molecular weight is 412 g/mol. The van der Waals surface area contributed by atoms with Crippen molar-refractivity contribution < 1.29 is 24.2 Å². The fourth-order valence-corrected chi connectivity index (χ4v) is 3.23. The number of benzene rings is 1. The summed E-state index contributed by atoms with van der Waals surface area (Å²) in [6.45, 7) is 8.04. The lowest BCUT2D eigenvalue weighted by Gasteiger charge is -2.19. The second-order valence-electron chi connectivity index (χ2n) is 8.60. The van der Waals surface area contributed by atoms with Gasteiger partial charge in [-0.2, -0.15) is 0 Å². The van der Waals surface area contributed by atoms with Gasteiger partial charge in [-0.05, 0) is 29.9 Å². The van der Waals surface area contributed by atoms with Crippen molar-refractivity contribution in [2.24, 2.45) is 0 Å². The first-order valence-electron chi connectivity index (χ1n) is 9.95. The van der Waals surface area contributed by atoms with Gasteiger partial charge < -0.3 is 19.9 Å². The molecule has 1 amide bonds. The predicted molar refractivity (Wildman–Crippen MR) is 112 cm³/mol. The maximum Gasteiger partial charge on any atom is 0.328 e. The second kappa shape index (κ2) is 8.34. The molecule has 1 fully saturated rings. The van der Waals surface area contributed by atoms with Crippen LogP contribution >= 0.6 is 0 Å². The summed E-state index contributed by atoms with van der Waals surface area (Å²) in [5.74, 6) is -1.27. The Morgan fingerprint density at radius 3 is 2.47 bits per heavy atom. The molecule has 1 aliphatic carbocycles. The monoisotopic (exact) mass is 412 g/mol. The SMILES string of the molecule is COc1ccnc(C(=O)NC(C)C(=O)OC2CC2c2ccc(C(C)(C)C)cc2)c1O. The molecule has 0 bridgehead atoms. The zero-order valence-electron chi connectivity index (χ0n) is 17.9. The highest BCUT2D eigenvalue weighted by Gasteiger charge is 2.42. The number of hydrogen-bond acceptors (Lipinski definition) is 6. The van der Waals surface area contributed by atoms with Crippen molar-refractivity contribution in [3.05, 3.63) is 53.3 Å². The highest BCUT2D eigenvalue weighted by atomic mass is 16.6. The van der Waals surface area contributed by atoms with E-state index in [2.05, 4.69) is 55.3 Å². The van der Waals surface area contributed by atoms with Gasteiger partial charge in [-0.25, -0.2) is 9.78 Å². The third kappa shape index (κ3) is 4.72. The van der Waals surface area contributed by atoms with Gasteiger partial charge in [0.25, 0.3) is 5.91 Å². The summed E-state index contributed by atoms with van der Waals surface area (Å²) in [7, 11) is 1.37. The first kappa shape index (κ1) is 21.6. The summed E-state index contributed by atoms with van der Waals surface area (Å²) in [6.07, 6.45) is 1.91. The first-order chi connectivity index (χ1) is 14.1. The van der Waals surface area contributed by atoms with Crippen molar-refractivity contribution in [3.63, 3.8) is 0 Å². The molecule has 1 heterocycles. The van der Waals surface area contributed by atoms with Gasteiger partial charge in [0.1, 0.15) is 12.1 Å². The van der Waals surface area contributed by atoms with Gasteiger partial charge in [0.2, 0.25) is 0 Å². The lowest BCUT2D eigenvalue weighted by atomic mass is 9.86. The predicted octanol–water partition coefficient (Wildman–Crippen LogP) is 3.31. The third-order valence-corrected chi connectivity index (χ3v) is 5.23. The number of carbonyl (C=O) groups excluding carboxylic acids is 2. The van der Waals surface area contributed by atoms with E-state index >= 15 is 0 Å². The van der Waals surface area contributed by atoms with Gasteiger partial charge in [-0.3, -0.25) is 4.79 Å². The van der Waals surface area contributed by atoms with Crippen LogP contribution in [0.15, 0.2) is 36.5 Å². The third-order valence-electron chi connectivity index (χ3n) is 5.23. The number of methoxy groups -OCH3 is 1. The molecular weight excluding hydrogens is 384 g/mol.